The lowest BCUT2D eigenvalue weighted by Gasteiger charge is -1.95. The van der Waals surface area contributed by atoms with Crippen molar-refractivity contribution in [2.45, 2.75) is 46.1 Å². The van der Waals surface area contributed by atoms with Gasteiger partial charge in [-0.1, -0.05) is 69.9 Å². The molecule has 0 aliphatic carbocycles. The summed E-state index contributed by atoms with van der Waals surface area (Å²) in [5.74, 6) is 0. The summed E-state index contributed by atoms with van der Waals surface area (Å²) in [5.41, 5.74) is 1.01. The van der Waals surface area contributed by atoms with E-state index in [1.807, 2.05) is 30.3 Å². The van der Waals surface area contributed by atoms with E-state index in [1.165, 1.54) is 25.7 Å². The number of benzene rings is 1. The molecule has 16 heavy (non-hydrogen) atoms. The Bertz CT molecular complexity index is 240. The standard InChI is InChI=1S/C8H8O2.C6H14/c9-7-10-6-8-4-2-1-3-5-8;1-3-5-6-4-2/h1-5,7H,6H2;3-6H2,1-2H3. The second-order valence-corrected chi connectivity index (χ2v) is 3.60. The van der Waals surface area contributed by atoms with E-state index in [2.05, 4.69) is 18.6 Å². The smallest absolute Gasteiger partial charge is 0.293 e. The van der Waals surface area contributed by atoms with Gasteiger partial charge in [-0.15, -0.1) is 0 Å². The average Bonchev–Trinajstić information content (AvgIpc) is 2.36. The van der Waals surface area contributed by atoms with Crippen LogP contribution >= 0.6 is 0 Å². The number of unbranched alkanes of at least 4 members (excludes halogenated alkanes) is 3. The molecule has 0 fully saturated rings. The number of carbonyl (C=O) groups excluding carboxylic acids is 1. The van der Waals surface area contributed by atoms with Crippen LogP contribution in [-0.2, 0) is 16.1 Å². The van der Waals surface area contributed by atoms with Gasteiger partial charge in [0.05, 0.1) is 0 Å². The molecule has 1 aromatic rings. The van der Waals surface area contributed by atoms with Crippen molar-refractivity contribution in [3.05, 3.63) is 35.9 Å². The maximum atomic E-state index is 9.76. The molecular formula is C14H22O2. The summed E-state index contributed by atoms with van der Waals surface area (Å²) >= 11 is 0. The maximum absolute atomic E-state index is 9.76. The lowest BCUT2D eigenvalue weighted by molar-refractivity contribution is -0.129. The normalized spacial score (nSPS) is 8.88. The lowest BCUT2D eigenvalue weighted by atomic mass is 10.2. The molecule has 0 bridgehead atoms. The monoisotopic (exact) mass is 222 g/mol. The Labute approximate surface area is 98.6 Å². The quantitative estimate of drug-likeness (QED) is 0.538. The maximum Gasteiger partial charge on any atom is 0.293 e. The molecule has 0 radical (unpaired) electrons. The molecule has 0 N–H and O–H groups in total. The molecule has 2 nitrogen and oxygen atoms in total. The van der Waals surface area contributed by atoms with Gasteiger partial charge in [0, 0.05) is 0 Å². The zero-order chi connectivity index (χ0) is 12.1. The van der Waals surface area contributed by atoms with Gasteiger partial charge in [0.2, 0.25) is 0 Å². The van der Waals surface area contributed by atoms with Crippen molar-refractivity contribution in [3.63, 3.8) is 0 Å². The van der Waals surface area contributed by atoms with Crippen LogP contribution in [0.15, 0.2) is 30.3 Å². The summed E-state index contributed by atoms with van der Waals surface area (Å²) in [6.45, 7) is 5.28. The van der Waals surface area contributed by atoms with Crippen molar-refractivity contribution in [1.29, 1.82) is 0 Å². The molecule has 0 heterocycles. The van der Waals surface area contributed by atoms with E-state index in [-0.39, 0.29) is 0 Å². The molecule has 0 saturated heterocycles. The van der Waals surface area contributed by atoms with E-state index in [9.17, 15) is 4.79 Å². The Balaban J connectivity index is 0.000000325. The van der Waals surface area contributed by atoms with Crippen molar-refractivity contribution in [2.24, 2.45) is 0 Å². The van der Waals surface area contributed by atoms with Gasteiger partial charge < -0.3 is 4.74 Å². The molecule has 0 aliphatic heterocycles. The Morgan fingerprint density at radius 2 is 1.62 bits per heavy atom. The van der Waals surface area contributed by atoms with Gasteiger partial charge in [-0.25, -0.2) is 0 Å². The van der Waals surface area contributed by atoms with Gasteiger partial charge in [-0.3, -0.25) is 4.79 Å². The van der Waals surface area contributed by atoms with Crippen LogP contribution in [0.4, 0.5) is 0 Å². The lowest BCUT2D eigenvalue weighted by Crippen LogP contribution is -1.88. The highest BCUT2D eigenvalue weighted by molar-refractivity contribution is 5.37. The van der Waals surface area contributed by atoms with E-state index in [1.54, 1.807) is 0 Å². The molecule has 1 rings (SSSR count). The SMILES string of the molecule is CCCCCC.O=COCc1ccccc1. The van der Waals surface area contributed by atoms with Crippen LogP contribution in [-0.4, -0.2) is 6.47 Å². The highest BCUT2D eigenvalue weighted by atomic mass is 16.5. The number of rotatable bonds is 6. The van der Waals surface area contributed by atoms with Crippen LogP contribution in [0.25, 0.3) is 0 Å². The first-order valence-corrected chi connectivity index (χ1v) is 5.94. The van der Waals surface area contributed by atoms with Crippen LogP contribution in [0.1, 0.15) is 45.1 Å². The summed E-state index contributed by atoms with van der Waals surface area (Å²) in [6.07, 6.45) is 5.54. The van der Waals surface area contributed by atoms with Crippen LogP contribution in [0.5, 0.6) is 0 Å². The second-order valence-electron chi connectivity index (χ2n) is 3.60. The van der Waals surface area contributed by atoms with Crippen molar-refractivity contribution < 1.29 is 9.53 Å². The molecular weight excluding hydrogens is 200 g/mol. The van der Waals surface area contributed by atoms with E-state index < -0.39 is 0 Å². The van der Waals surface area contributed by atoms with Crippen LogP contribution in [0, 0.1) is 0 Å². The van der Waals surface area contributed by atoms with Gasteiger partial charge in [0.1, 0.15) is 6.61 Å². The molecule has 0 unspecified atom stereocenters. The third-order valence-corrected chi connectivity index (χ3v) is 2.12. The number of hydrogen-bond acceptors (Lipinski definition) is 2. The molecule has 0 saturated carbocycles. The van der Waals surface area contributed by atoms with Gasteiger partial charge >= 0.3 is 0 Å². The Hall–Kier alpha value is -1.31. The molecule has 2 heteroatoms. The summed E-state index contributed by atoms with van der Waals surface area (Å²) in [5, 5.41) is 0. The summed E-state index contributed by atoms with van der Waals surface area (Å²) in [7, 11) is 0. The predicted octanol–water partition coefficient (Wildman–Crippen LogP) is 3.95. The Morgan fingerprint density at radius 3 is 2.06 bits per heavy atom. The summed E-state index contributed by atoms with van der Waals surface area (Å²) < 4.78 is 4.54. The summed E-state index contributed by atoms with van der Waals surface area (Å²) in [6, 6.07) is 9.55. The molecule has 0 amide bonds. The molecule has 0 spiro atoms. The third-order valence-electron chi connectivity index (χ3n) is 2.12. The van der Waals surface area contributed by atoms with E-state index in [4.69, 9.17) is 0 Å². The number of hydrogen-bond donors (Lipinski definition) is 0. The van der Waals surface area contributed by atoms with Crippen molar-refractivity contribution in [3.8, 4) is 0 Å². The Morgan fingerprint density at radius 1 is 1.06 bits per heavy atom. The number of ether oxygens (including phenoxy) is 1. The average molecular weight is 222 g/mol. The topological polar surface area (TPSA) is 26.3 Å². The van der Waals surface area contributed by atoms with Crippen molar-refractivity contribution >= 4 is 6.47 Å². The second kappa shape index (κ2) is 11.8. The zero-order valence-corrected chi connectivity index (χ0v) is 10.3. The summed E-state index contributed by atoms with van der Waals surface area (Å²) in [4.78, 5) is 9.76. The van der Waals surface area contributed by atoms with Gasteiger partial charge in [-0.05, 0) is 5.56 Å². The van der Waals surface area contributed by atoms with Crippen molar-refractivity contribution in [2.75, 3.05) is 0 Å². The fourth-order valence-corrected chi connectivity index (χ4v) is 1.20. The van der Waals surface area contributed by atoms with Gasteiger partial charge in [0.15, 0.2) is 0 Å². The van der Waals surface area contributed by atoms with E-state index >= 15 is 0 Å². The minimum absolute atomic E-state index is 0.365. The van der Waals surface area contributed by atoms with Crippen LogP contribution < -0.4 is 0 Å². The fourth-order valence-electron chi connectivity index (χ4n) is 1.20. The van der Waals surface area contributed by atoms with Gasteiger partial charge in [-0.2, -0.15) is 0 Å². The van der Waals surface area contributed by atoms with Crippen molar-refractivity contribution in [1.82, 2.24) is 0 Å². The minimum Gasteiger partial charge on any atom is -0.463 e. The number of carbonyl (C=O) groups is 1. The first-order valence-electron chi connectivity index (χ1n) is 5.94. The Kier molecular flexibility index (Phi) is 10.8. The fraction of sp³-hybridized carbons (Fsp3) is 0.500. The van der Waals surface area contributed by atoms with E-state index in [0.717, 1.165) is 5.56 Å². The predicted molar refractivity (Wildman–Crippen MR) is 67.1 cm³/mol. The first kappa shape index (κ1) is 14.7. The van der Waals surface area contributed by atoms with Gasteiger partial charge in [0.25, 0.3) is 6.47 Å². The molecule has 0 aromatic heterocycles. The minimum atomic E-state index is 0.365. The molecule has 1 aromatic carbocycles. The molecule has 90 valence electrons. The van der Waals surface area contributed by atoms with Crippen LogP contribution in [0.2, 0.25) is 0 Å². The van der Waals surface area contributed by atoms with E-state index in [0.29, 0.717) is 13.1 Å². The largest absolute Gasteiger partial charge is 0.463 e. The third kappa shape index (κ3) is 9.25. The zero-order valence-electron chi connectivity index (χ0n) is 10.3. The molecule has 0 atom stereocenters. The first-order chi connectivity index (χ1) is 7.85. The molecule has 0 aliphatic rings. The highest BCUT2D eigenvalue weighted by Crippen LogP contribution is 1.98. The van der Waals surface area contributed by atoms with Crippen LogP contribution in [0.3, 0.4) is 0 Å². The highest BCUT2D eigenvalue weighted by Gasteiger charge is 1.87.